The van der Waals surface area contributed by atoms with E-state index >= 15 is 0 Å². The summed E-state index contributed by atoms with van der Waals surface area (Å²) in [6.07, 6.45) is 3.07. The fraction of sp³-hybridized carbons (Fsp3) is 0.286. The lowest BCUT2D eigenvalue weighted by Gasteiger charge is -2.22. The number of carbonyl (C=O) groups is 1. The first kappa shape index (κ1) is 15.0. The van der Waals surface area contributed by atoms with E-state index in [0.717, 1.165) is 4.88 Å². The highest BCUT2D eigenvalue weighted by atomic mass is 35.5. The number of methoxy groups -OCH3 is 1. The van der Waals surface area contributed by atoms with Gasteiger partial charge >= 0.3 is 0 Å². The molecule has 2 heterocycles. The SMILES string of the molecule is COCCN(Cc1cccs1)C(=O)c1cnccc1Cl. The number of halogens is 1. The molecule has 0 saturated carbocycles. The first-order valence-corrected chi connectivity index (χ1v) is 7.38. The molecule has 0 N–H and O–H groups in total. The van der Waals surface area contributed by atoms with Crippen molar-refractivity contribution in [2.45, 2.75) is 6.54 Å². The molecule has 4 nitrogen and oxygen atoms in total. The van der Waals surface area contributed by atoms with E-state index in [1.807, 2.05) is 17.5 Å². The minimum Gasteiger partial charge on any atom is -0.383 e. The molecule has 0 bridgehead atoms. The second-order valence-corrected chi connectivity index (χ2v) is 5.59. The molecule has 1 amide bonds. The zero-order valence-corrected chi connectivity index (χ0v) is 12.7. The maximum absolute atomic E-state index is 12.5. The van der Waals surface area contributed by atoms with Gasteiger partial charge in [-0.05, 0) is 17.5 Å². The second kappa shape index (κ2) is 7.38. The number of thiophene rings is 1. The van der Waals surface area contributed by atoms with Gasteiger partial charge < -0.3 is 9.64 Å². The van der Waals surface area contributed by atoms with Gasteiger partial charge in [0.15, 0.2) is 0 Å². The van der Waals surface area contributed by atoms with Gasteiger partial charge in [0.25, 0.3) is 5.91 Å². The Bertz CT molecular complexity index is 560. The van der Waals surface area contributed by atoms with Crippen molar-refractivity contribution in [2.75, 3.05) is 20.3 Å². The number of hydrogen-bond acceptors (Lipinski definition) is 4. The predicted molar refractivity (Wildman–Crippen MR) is 80.2 cm³/mol. The van der Waals surface area contributed by atoms with Crippen LogP contribution in [0, 0.1) is 0 Å². The Morgan fingerprint density at radius 1 is 1.50 bits per heavy atom. The smallest absolute Gasteiger partial charge is 0.257 e. The van der Waals surface area contributed by atoms with Crippen molar-refractivity contribution in [3.05, 3.63) is 51.4 Å². The van der Waals surface area contributed by atoms with Crippen LogP contribution in [0.2, 0.25) is 5.02 Å². The minimum absolute atomic E-state index is 0.131. The highest BCUT2D eigenvalue weighted by Crippen LogP contribution is 2.18. The van der Waals surface area contributed by atoms with Crippen LogP contribution in [0.3, 0.4) is 0 Å². The monoisotopic (exact) mass is 310 g/mol. The first-order valence-electron chi connectivity index (χ1n) is 6.12. The maximum atomic E-state index is 12.5. The van der Waals surface area contributed by atoms with Crippen LogP contribution in [0.15, 0.2) is 36.0 Å². The van der Waals surface area contributed by atoms with Gasteiger partial charge in [-0.2, -0.15) is 0 Å². The molecule has 0 atom stereocenters. The van der Waals surface area contributed by atoms with Gasteiger partial charge in [-0.15, -0.1) is 11.3 Å². The molecular formula is C14H15ClN2O2S. The van der Waals surface area contributed by atoms with Crippen molar-refractivity contribution in [2.24, 2.45) is 0 Å². The molecule has 0 aliphatic rings. The standard InChI is InChI=1S/C14H15ClN2O2S/c1-19-7-6-17(10-11-3-2-8-20-11)14(18)12-9-16-5-4-13(12)15/h2-5,8-9H,6-7,10H2,1H3. The molecule has 0 radical (unpaired) electrons. The van der Waals surface area contributed by atoms with Crippen molar-refractivity contribution in [1.82, 2.24) is 9.88 Å². The largest absolute Gasteiger partial charge is 0.383 e. The van der Waals surface area contributed by atoms with E-state index in [1.165, 1.54) is 6.20 Å². The van der Waals surface area contributed by atoms with Crippen LogP contribution in [0.4, 0.5) is 0 Å². The maximum Gasteiger partial charge on any atom is 0.257 e. The summed E-state index contributed by atoms with van der Waals surface area (Å²) in [6.45, 7) is 1.54. The summed E-state index contributed by atoms with van der Waals surface area (Å²) in [6, 6.07) is 5.59. The Morgan fingerprint density at radius 2 is 2.35 bits per heavy atom. The topological polar surface area (TPSA) is 42.4 Å². The van der Waals surface area contributed by atoms with E-state index in [1.54, 1.807) is 35.6 Å². The minimum atomic E-state index is -0.131. The van der Waals surface area contributed by atoms with Crippen LogP contribution in [0.25, 0.3) is 0 Å². The molecule has 20 heavy (non-hydrogen) atoms. The Morgan fingerprint density at radius 3 is 3.00 bits per heavy atom. The van der Waals surface area contributed by atoms with Gasteiger partial charge in [-0.3, -0.25) is 9.78 Å². The third-order valence-electron chi connectivity index (χ3n) is 2.78. The Hall–Kier alpha value is -1.43. The van der Waals surface area contributed by atoms with E-state index in [-0.39, 0.29) is 5.91 Å². The third-order valence-corrected chi connectivity index (χ3v) is 3.97. The Balaban J connectivity index is 2.17. The highest BCUT2D eigenvalue weighted by Gasteiger charge is 2.19. The fourth-order valence-electron chi connectivity index (χ4n) is 1.75. The normalized spacial score (nSPS) is 10.5. The van der Waals surface area contributed by atoms with Gasteiger partial charge in [0.2, 0.25) is 0 Å². The Kier molecular flexibility index (Phi) is 5.52. The quantitative estimate of drug-likeness (QED) is 0.823. The van der Waals surface area contributed by atoms with Crippen LogP contribution in [0.5, 0.6) is 0 Å². The van der Waals surface area contributed by atoms with Crippen LogP contribution in [0.1, 0.15) is 15.2 Å². The molecule has 0 aliphatic heterocycles. The van der Waals surface area contributed by atoms with Crippen molar-refractivity contribution in [3.63, 3.8) is 0 Å². The van der Waals surface area contributed by atoms with Crippen molar-refractivity contribution in [3.8, 4) is 0 Å². The van der Waals surface area contributed by atoms with E-state index in [9.17, 15) is 4.79 Å². The summed E-state index contributed by atoms with van der Waals surface area (Å²) in [4.78, 5) is 19.4. The van der Waals surface area contributed by atoms with E-state index < -0.39 is 0 Å². The van der Waals surface area contributed by atoms with Crippen LogP contribution >= 0.6 is 22.9 Å². The fourth-order valence-corrected chi connectivity index (χ4v) is 2.66. The molecule has 0 spiro atoms. The average Bonchev–Trinajstić information content (AvgIpc) is 2.96. The molecule has 0 fully saturated rings. The number of rotatable bonds is 6. The number of aromatic nitrogens is 1. The van der Waals surface area contributed by atoms with Crippen molar-refractivity contribution in [1.29, 1.82) is 0 Å². The lowest BCUT2D eigenvalue weighted by Crippen LogP contribution is -2.33. The van der Waals surface area contributed by atoms with Gasteiger partial charge in [0.1, 0.15) is 0 Å². The summed E-state index contributed by atoms with van der Waals surface area (Å²) < 4.78 is 5.07. The summed E-state index contributed by atoms with van der Waals surface area (Å²) in [5, 5.41) is 2.41. The number of nitrogens with zero attached hydrogens (tertiary/aromatic N) is 2. The first-order chi connectivity index (χ1) is 9.72. The molecule has 106 valence electrons. The van der Waals surface area contributed by atoms with E-state index in [0.29, 0.717) is 30.3 Å². The zero-order valence-electron chi connectivity index (χ0n) is 11.1. The van der Waals surface area contributed by atoms with Gasteiger partial charge in [0.05, 0.1) is 23.7 Å². The van der Waals surface area contributed by atoms with E-state index in [2.05, 4.69) is 4.98 Å². The molecular weight excluding hydrogens is 296 g/mol. The second-order valence-electron chi connectivity index (χ2n) is 4.15. The number of carbonyl (C=O) groups excluding carboxylic acids is 1. The van der Waals surface area contributed by atoms with Crippen LogP contribution in [-0.2, 0) is 11.3 Å². The lowest BCUT2D eigenvalue weighted by molar-refractivity contribution is 0.0682. The predicted octanol–water partition coefficient (Wildman–Crippen LogP) is 3.09. The van der Waals surface area contributed by atoms with E-state index in [4.69, 9.17) is 16.3 Å². The molecule has 0 saturated heterocycles. The van der Waals surface area contributed by atoms with Crippen LogP contribution < -0.4 is 0 Å². The molecule has 0 aromatic carbocycles. The van der Waals surface area contributed by atoms with Crippen LogP contribution in [-0.4, -0.2) is 36.1 Å². The summed E-state index contributed by atoms with van der Waals surface area (Å²) in [7, 11) is 1.62. The summed E-state index contributed by atoms with van der Waals surface area (Å²) in [5.74, 6) is -0.131. The third kappa shape index (κ3) is 3.79. The van der Waals surface area contributed by atoms with Gasteiger partial charge in [0, 0.05) is 30.9 Å². The number of amides is 1. The van der Waals surface area contributed by atoms with Gasteiger partial charge in [-0.1, -0.05) is 17.7 Å². The van der Waals surface area contributed by atoms with Crippen molar-refractivity contribution >= 4 is 28.8 Å². The lowest BCUT2D eigenvalue weighted by atomic mass is 10.2. The molecule has 0 aliphatic carbocycles. The molecule has 6 heteroatoms. The Labute approximate surface area is 127 Å². The molecule has 0 unspecified atom stereocenters. The van der Waals surface area contributed by atoms with Crippen molar-refractivity contribution < 1.29 is 9.53 Å². The number of pyridine rings is 1. The molecule has 2 rings (SSSR count). The highest BCUT2D eigenvalue weighted by molar-refractivity contribution is 7.09. The molecule has 2 aromatic rings. The molecule has 2 aromatic heterocycles. The number of ether oxygens (including phenoxy) is 1. The summed E-state index contributed by atoms with van der Waals surface area (Å²) in [5.41, 5.74) is 0.418. The average molecular weight is 311 g/mol. The zero-order chi connectivity index (χ0) is 14.4. The number of hydrogen-bond donors (Lipinski definition) is 0. The van der Waals surface area contributed by atoms with Gasteiger partial charge in [-0.25, -0.2) is 0 Å². The summed E-state index contributed by atoms with van der Waals surface area (Å²) >= 11 is 7.68.